The van der Waals surface area contributed by atoms with E-state index in [9.17, 15) is 0 Å². The minimum absolute atomic E-state index is 0.316. The van der Waals surface area contributed by atoms with E-state index in [-0.39, 0.29) is 5.82 Å². The highest BCUT2D eigenvalue weighted by molar-refractivity contribution is 5.96. The van der Waals surface area contributed by atoms with Gasteiger partial charge in [-0.05, 0) is 56.3 Å². The van der Waals surface area contributed by atoms with Crippen molar-refractivity contribution in [1.82, 2.24) is 30.0 Å². The summed E-state index contributed by atoms with van der Waals surface area (Å²) in [5.74, 6) is 0.220. The SMILES string of the molecule is C=C/C=C(\c1nc(-c2n[nH]c3ccc(C4=CCN=CC=C4C)c(F)c23)[nH]c1C)N1CCN(C)CC1. The molecule has 0 atom stereocenters. The van der Waals surface area contributed by atoms with E-state index in [1.165, 1.54) is 0 Å². The molecule has 2 N–H and O–H groups in total. The van der Waals surface area contributed by atoms with Gasteiger partial charge in [0, 0.05) is 43.7 Å². The van der Waals surface area contributed by atoms with Gasteiger partial charge in [0.2, 0.25) is 0 Å². The first-order valence-corrected chi connectivity index (χ1v) is 11.9. The van der Waals surface area contributed by atoms with Gasteiger partial charge >= 0.3 is 0 Å². The van der Waals surface area contributed by atoms with Crippen molar-refractivity contribution < 1.29 is 4.39 Å². The maximum atomic E-state index is 16.0. The van der Waals surface area contributed by atoms with E-state index >= 15 is 4.39 Å². The van der Waals surface area contributed by atoms with E-state index in [4.69, 9.17) is 4.98 Å². The monoisotopic (exact) mass is 471 g/mol. The lowest BCUT2D eigenvalue weighted by molar-refractivity contribution is 0.207. The molecule has 35 heavy (non-hydrogen) atoms. The molecular weight excluding hydrogens is 441 g/mol. The van der Waals surface area contributed by atoms with Crippen molar-refractivity contribution in [3.63, 3.8) is 0 Å². The number of H-pyrrole nitrogens is 2. The van der Waals surface area contributed by atoms with Crippen LogP contribution in [0.2, 0.25) is 0 Å². The zero-order valence-corrected chi connectivity index (χ0v) is 20.4. The Balaban J connectivity index is 1.58. The van der Waals surface area contributed by atoms with E-state index in [1.807, 2.05) is 38.1 Å². The average Bonchev–Trinajstić information content (AvgIpc) is 3.38. The van der Waals surface area contributed by atoms with E-state index in [0.29, 0.717) is 34.5 Å². The van der Waals surface area contributed by atoms with Crippen LogP contribution in [0.5, 0.6) is 0 Å². The number of allylic oxidation sites excluding steroid dienone is 5. The molecule has 1 fully saturated rings. The Labute approximate surface area is 204 Å². The molecule has 2 aliphatic rings. The van der Waals surface area contributed by atoms with Crippen molar-refractivity contribution in [2.24, 2.45) is 4.99 Å². The molecule has 0 radical (unpaired) electrons. The standard InChI is InChI=1S/C27H30FN7/c1-5-6-22(35-15-13-34(4)14-16-35)25-18(3)30-27(31-25)26-23-21(32-33-26)8-7-20(24(23)28)19-10-12-29-11-9-17(19)2/h5-11H,1,12-16H2,2-4H3,(H,30,31)(H,32,33)/b22-6+. The molecule has 5 rings (SSSR count). The van der Waals surface area contributed by atoms with Crippen LogP contribution in [0, 0.1) is 12.7 Å². The summed E-state index contributed by atoms with van der Waals surface area (Å²) in [5.41, 5.74) is 6.20. The molecule has 180 valence electrons. The fourth-order valence-corrected chi connectivity index (χ4v) is 4.71. The highest BCUT2D eigenvalue weighted by atomic mass is 19.1. The third kappa shape index (κ3) is 4.25. The van der Waals surface area contributed by atoms with E-state index in [0.717, 1.165) is 54.4 Å². The Morgan fingerprint density at radius 3 is 2.74 bits per heavy atom. The number of likely N-dealkylation sites (N-methyl/N-ethyl adjacent to an activating group) is 1. The van der Waals surface area contributed by atoms with Crippen LogP contribution in [0.3, 0.4) is 0 Å². The normalized spacial score (nSPS) is 17.5. The number of aromatic nitrogens is 4. The average molecular weight is 472 g/mol. The fourth-order valence-electron chi connectivity index (χ4n) is 4.71. The van der Waals surface area contributed by atoms with E-state index in [1.54, 1.807) is 18.4 Å². The van der Waals surface area contributed by atoms with Gasteiger partial charge in [-0.25, -0.2) is 9.37 Å². The third-order valence-electron chi connectivity index (χ3n) is 6.68. The first kappa shape index (κ1) is 23.0. The van der Waals surface area contributed by atoms with Crippen LogP contribution in [0.15, 0.2) is 53.6 Å². The molecule has 0 unspecified atom stereocenters. The van der Waals surface area contributed by atoms with Gasteiger partial charge < -0.3 is 14.8 Å². The molecule has 0 spiro atoms. The molecule has 0 bridgehead atoms. The number of fused-ring (bicyclic) bond motifs is 1. The van der Waals surface area contributed by atoms with Gasteiger partial charge in [-0.1, -0.05) is 18.7 Å². The second-order valence-corrected chi connectivity index (χ2v) is 9.04. The van der Waals surface area contributed by atoms with Crippen LogP contribution in [0.25, 0.3) is 33.7 Å². The Kier molecular flexibility index (Phi) is 6.21. The van der Waals surface area contributed by atoms with Crippen molar-refractivity contribution >= 4 is 28.4 Å². The minimum atomic E-state index is -0.316. The number of halogens is 1. The fraction of sp³-hybridized carbons (Fsp3) is 0.296. The number of piperazine rings is 1. The van der Waals surface area contributed by atoms with E-state index < -0.39 is 0 Å². The number of aryl methyl sites for hydroxylation is 1. The third-order valence-corrected chi connectivity index (χ3v) is 6.68. The first-order valence-electron chi connectivity index (χ1n) is 11.9. The lowest BCUT2D eigenvalue weighted by atomic mass is 9.96. The maximum absolute atomic E-state index is 16.0. The summed E-state index contributed by atoms with van der Waals surface area (Å²) >= 11 is 0. The predicted molar refractivity (Wildman–Crippen MR) is 141 cm³/mol. The van der Waals surface area contributed by atoms with Gasteiger partial charge in [-0.15, -0.1) is 0 Å². The summed E-state index contributed by atoms with van der Waals surface area (Å²) in [5, 5.41) is 7.86. The second kappa shape index (κ2) is 9.46. The minimum Gasteiger partial charge on any atom is -0.367 e. The Morgan fingerprint density at radius 2 is 1.97 bits per heavy atom. The molecule has 3 aromatic rings. The molecule has 1 saturated heterocycles. The number of hydrogen-bond donors (Lipinski definition) is 2. The van der Waals surface area contributed by atoms with Crippen LogP contribution < -0.4 is 0 Å². The van der Waals surface area contributed by atoms with Gasteiger partial charge in [0.15, 0.2) is 5.82 Å². The van der Waals surface area contributed by atoms with Crippen molar-refractivity contribution in [3.05, 3.63) is 71.4 Å². The zero-order chi connectivity index (χ0) is 24.5. The molecule has 8 heteroatoms. The van der Waals surface area contributed by atoms with Crippen LogP contribution in [0.1, 0.15) is 23.9 Å². The quantitative estimate of drug-likeness (QED) is 0.534. The molecular formula is C27H30FN7. The second-order valence-electron chi connectivity index (χ2n) is 9.04. The van der Waals surface area contributed by atoms with Gasteiger partial charge in [0.05, 0.1) is 23.1 Å². The van der Waals surface area contributed by atoms with Gasteiger partial charge in [0.1, 0.15) is 17.2 Å². The largest absolute Gasteiger partial charge is 0.367 e. The summed E-state index contributed by atoms with van der Waals surface area (Å²) in [6.45, 7) is 12.2. The number of imidazole rings is 1. The molecule has 0 saturated carbocycles. The number of nitrogens with one attached hydrogen (secondary N) is 2. The zero-order valence-electron chi connectivity index (χ0n) is 20.4. The number of nitrogens with zero attached hydrogens (tertiary/aromatic N) is 5. The van der Waals surface area contributed by atoms with Crippen LogP contribution in [0.4, 0.5) is 4.39 Å². The van der Waals surface area contributed by atoms with Crippen molar-refractivity contribution in [2.45, 2.75) is 13.8 Å². The lowest BCUT2D eigenvalue weighted by Crippen LogP contribution is -2.43. The topological polar surface area (TPSA) is 76.2 Å². The number of benzene rings is 1. The maximum Gasteiger partial charge on any atom is 0.159 e. The first-order chi connectivity index (χ1) is 17.0. The Bertz CT molecular complexity index is 1390. The van der Waals surface area contributed by atoms with Crippen molar-refractivity contribution in [1.29, 1.82) is 0 Å². The van der Waals surface area contributed by atoms with Gasteiger partial charge in [-0.2, -0.15) is 5.10 Å². The smallest absolute Gasteiger partial charge is 0.159 e. The molecule has 0 amide bonds. The van der Waals surface area contributed by atoms with Gasteiger partial charge in [0.25, 0.3) is 0 Å². The van der Waals surface area contributed by atoms with Crippen LogP contribution in [-0.2, 0) is 0 Å². The summed E-state index contributed by atoms with van der Waals surface area (Å²) in [6, 6.07) is 3.67. The molecule has 7 nitrogen and oxygen atoms in total. The number of hydrogen-bond acceptors (Lipinski definition) is 5. The molecule has 2 aromatic heterocycles. The molecule has 1 aromatic carbocycles. The molecule has 2 aliphatic heterocycles. The lowest BCUT2D eigenvalue weighted by Gasteiger charge is -2.35. The molecule has 0 aliphatic carbocycles. The number of aromatic amines is 2. The highest BCUT2D eigenvalue weighted by Crippen LogP contribution is 2.35. The summed E-state index contributed by atoms with van der Waals surface area (Å²) < 4.78 is 16.0. The Hall–Kier alpha value is -3.78. The molecule has 4 heterocycles. The highest BCUT2D eigenvalue weighted by Gasteiger charge is 2.24. The number of rotatable bonds is 5. The Morgan fingerprint density at radius 1 is 1.17 bits per heavy atom. The van der Waals surface area contributed by atoms with Crippen molar-refractivity contribution in [3.8, 4) is 11.5 Å². The number of aliphatic imine (C=N–C) groups is 1. The van der Waals surface area contributed by atoms with Crippen molar-refractivity contribution in [2.75, 3.05) is 39.8 Å². The predicted octanol–water partition coefficient (Wildman–Crippen LogP) is 4.59. The summed E-state index contributed by atoms with van der Waals surface area (Å²) in [4.78, 5) is 17.2. The van der Waals surface area contributed by atoms with Gasteiger partial charge in [-0.3, -0.25) is 10.1 Å². The van der Waals surface area contributed by atoms with E-state index in [2.05, 4.69) is 43.6 Å². The van der Waals surface area contributed by atoms with Crippen LogP contribution in [-0.4, -0.2) is 76.0 Å². The summed E-state index contributed by atoms with van der Waals surface area (Å²) in [6.07, 6.45) is 9.41. The van der Waals surface area contributed by atoms with Crippen LogP contribution >= 0.6 is 0 Å². The summed E-state index contributed by atoms with van der Waals surface area (Å²) in [7, 11) is 2.13.